The van der Waals surface area contributed by atoms with E-state index in [2.05, 4.69) is 5.32 Å². The molecule has 10 heteroatoms. The number of nitrogens with one attached hydrogen (secondary N) is 1. The number of aliphatic carboxylic acids is 1. The largest absolute Gasteiger partial charge is 0.493 e. The second-order valence-electron chi connectivity index (χ2n) is 7.05. The molecule has 1 aromatic carbocycles. The molecule has 2 amide bonds. The third-order valence-corrected chi connectivity index (χ3v) is 5.85. The molecule has 1 aromatic rings. The number of carbonyl (C=O) groups is 3. The van der Waals surface area contributed by atoms with Crippen LogP contribution in [0, 0.1) is 5.92 Å². The fraction of sp³-hybridized carbons (Fsp3) is 0.429. The van der Waals surface area contributed by atoms with Crippen LogP contribution in [0.15, 0.2) is 23.1 Å². The van der Waals surface area contributed by atoms with Crippen molar-refractivity contribution < 1.29 is 29.0 Å². The minimum Gasteiger partial charge on any atom is -0.493 e. The van der Waals surface area contributed by atoms with Gasteiger partial charge in [-0.25, -0.2) is 4.79 Å². The Morgan fingerprint density at radius 1 is 1.32 bits per heavy atom. The SMILES string of the molecule is CCOc1ccc(/C=C2\SC(=S)N(CCC(=O)NC(C(=O)O)C(C)C)C2=O)cc1OC. The summed E-state index contributed by atoms with van der Waals surface area (Å²) >= 11 is 6.45. The smallest absolute Gasteiger partial charge is 0.326 e. The highest BCUT2D eigenvalue weighted by Gasteiger charge is 2.32. The lowest BCUT2D eigenvalue weighted by Gasteiger charge is -2.19. The number of nitrogens with zero attached hydrogens (tertiary/aromatic N) is 1. The van der Waals surface area contributed by atoms with Gasteiger partial charge in [0.05, 0.1) is 18.6 Å². The molecule has 1 aliphatic heterocycles. The molecule has 0 spiro atoms. The Morgan fingerprint density at radius 2 is 2.03 bits per heavy atom. The highest BCUT2D eigenvalue weighted by Crippen LogP contribution is 2.34. The van der Waals surface area contributed by atoms with Crippen molar-refractivity contribution in [1.82, 2.24) is 10.2 Å². The number of carbonyl (C=O) groups excluding carboxylic acids is 2. The number of carboxylic acids is 1. The molecule has 1 aliphatic rings. The molecule has 1 unspecified atom stereocenters. The first-order chi connectivity index (χ1) is 14.7. The number of methoxy groups -OCH3 is 1. The van der Waals surface area contributed by atoms with Crippen LogP contribution in [0.1, 0.15) is 32.8 Å². The van der Waals surface area contributed by atoms with Crippen molar-refractivity contribution in [2.45, 2.75) is 33.2 Å². The Labute approximate surface area is 191 Å². The number of ether oxygens (including phenoxy) is 2. The fourth-order valence-electron chi connectivity index (χ4n) is 2.87. The van der Waals surface area contributed by atoms with Crippen LogP contribution in [0.5, 0.6) is 11.5 Å². The number of thioether (sulfide) groups is 1. The number of amides is 2. The molecule has 168 valence electrons. The summed E-state index contributed by atoms with van der Waals surface area (Å²) in [5.41, 5.74) is 0.750. The van der Waals surface area contributed by atoms with Crippen molar-refractivity contribution in [2.75, 3.05) is 20.3 Å². The first kappa shape index (κ1) is 24.7. The average Bonchev–Trinajstić information content (AvgIpc) is 2.97. The topological polar surface area (TPSA) is 105 Å². The Morgan fingerprint density at radius 3 is 2.61 bits per heavy atom. The van der Waals surface area contributed by atoms with Gasteiger partial charge >= 0.3 is 5.97 Å². The van der Waals surface area contributed by atoms with Crippen LogP contribution in [0.2, 0.25) is 0 Å². The summed E-state index contributed by atoms with van der Waals surface area (Å²) < 4.78 is 11.2. The lowest BCUT2D eigenvalue weighted by atomic mass is 10.0. The summed E-state index contributed by atoms with van der Waals surface area (Å²) in [5, 5.41) is 11.7. The molecular formula is C21H26N2O6S2. The molecule has 31 heavy (non-hydrogen) atoms. The Bertz CT molecular complexity index is 900. The van der Waals surface area contributed by atoms with Gasteiger partial charge in [0.2, 0.25) is 5.91 Å². The molecule has 1 heterocycles. The Balaban J connectivity index is 2.05. The van der Waals surface area contributed by atoms with Gasteiger partial charge in [-0.15, -0.1) is 0 Å². The number of rotatable bonds is 10. The number of hydrogen-bond acceptors (Lipinski definition) is 7. The average molecular weight is 467 g/mol. The normalized spacial score (nSPS) is 16.0. The van der Waals surface area contributed by atoms with Crippen molar-refractivity contribution in [3.8, 4) is 11.5 Å². The zero-order chi connectivity index (χ0) is 23.1. The van der Waals surface area contributed by atoms with E-state index in [1.165, 1.54) is 4.90 Å². The molecule has 2 rings (SSSR count). The maximum atomic E-state index is 12.8. The maximum absolute atomic E-state index is 12.8. The van der Waals surface area contributed by atoms with E-state index in [1.807, 2.05) is 13.0 Å². The van der Waals surface area contributed by atoms with Crippen molar-refractivity contribution in [3.63, 3.8) is 0 Å². The quantitative estimate of drug-likeness (QED) is 0.401. The molecule has 0 radical (unpaired) electrons. The van der Waals surface area contributed by atoms with Gasteiger partial charge < -0.3 is 19.9 Å². The van der Waals surface area contributed by atoms with E-state index in [4.69, 9.17) is 21.7 Å². The van der Waals surface area contributed by atoms with Gasteiger partial charge in [-0.05, 0) is 36.6 Å². The van der Waals surface area contributed by atoms with Crippen LogP contribution in [-0.4, -0.2) is 58.4 Å². The number of benzene rings is 1. The molecule has 1 saturated heterocycles. The highest BCUT2D eigenvalue weighted by atomic mass is 32.2. The van der Waals surface area contributed by atoms with Crippen LogP contribution in [0.3, 0.4) is 0 Å². The summed E-state index contributed by atoms with van der Waals surface area (Å²) in [4.78, 5) is 37.9. The van der Waals surface area contributed by atoms with Gasteiger partial charge in [-0.2, -0.15) is 0 Å². The highest BCUT2D eigenvalue weighted by molar-refractivity contribution is 8.26. The Hall–Kier alpha value is -2.59. The number of thiocarbonyl (C=S) groups is 1. The van der Waals surface area contributed by atoms with Gasteiger partial charge in [0.25, 0.3) is 5.91 Å². The second-order valence-corrected chi connectivity index (χ2v) is 8.73. The minimum atomic E-state index is -1.09. The van der Waals surface area contributed by atoms with E-state index in [0.717, 1.165) is 17.3 Å². The fourth-order valence-corrected chi connectivity index (χ4v) is 4.17. The standard InChI is InChI=1S/C21H26N2O6S2/c1-5-29-14-7-6-13(10-15(14)28-4)11-16-19(25)23(21(30)31-16)9-8-17(24)22-18(12(2)3)20(26)27/h6-7,10-12,18H,5,8-9H2,1-4H3,(H,22,24)(H,26,27)/b16-11-. The van der Waals surface area contributed by atoms with Crippen LogP contribution in [0.25, 0.3) is 6.08 Å². The molecule has 2 N–H and O–H groups in total. The van der Waals surface area contributed by atoms with Crippen molar-refractivity contribution >= 4 is 52.2 Å². The van der Waals surface area contributed by atoms with Gasteiger partial charge in [0, 0.05) is 13.0 Å². The zero-order valence-corrected chi connectivity index (χ0v) is 19.5. The van der Waals surface area contributed by atoms with Crippen molar-refractivity contribution in [1.29, 1.82) is 0 Å². The van der Waals surface area contributed by atoms with E-state index < -0.39 is 17.9 Å². The predicted octanol–water partition coefficient (Wildman–Crippen LogP) is 2.91. The first-order valence-corrected chi connectivity index (χ1v) is 11.0. The lowest BCUT2D eigenvalue weighted by Crippen LogP contribution is -2.45. The summed E-state index contributed by atoms with van der Waals surface area (Å²) in [7, 11) is 1.54. The van der Waals surface area contributed by atoms with Crippen LogP contribution >= 0.6 is 24.0 Å². The lowest BCUT2D eigenvalue weighted by molar-refractivity contribution is -0.143. The monoisotopic (exact) mass is 466 g/mol. The van der Waals surface area contributed by atoms with E-state index in [1.54, 1.807) is 39.2 Å². The summed E-state index contributed by atoms with van der Waals surface area (Å²) in [5.74, 6) is -0.929. The number of hydrogen-bond donors (Lipinski definition) is 2. The van der Waals surface area contributed by atoms with Crippen LogP contribution < -0.4 is 14.8 Å². The van der Waals surface area contributed by atoms with Crippen LogP contribution in [0.4, 0.5) is 0 Å². The van der Waals surface area contributed by atoms with Crippen molar-refractivity contribution in [2.24, 2.45) is 5.92 Å². The molecule has 1 fully saturated rings. The Kier molecular flexibility index (Phi) is 8.88. The predicted molar refractivity (Wildman–Crippen MR) is 123 cm³/mol. The van der Waals surface area contributed by atoms with E-state index >= 15 is 0 Å². The molecule has 8 nitrogen and oxygen atoms in total. The third-order valence-electron chi connectivity index (χ3n) is 4.47. The molecule has 0 aromatic heterocycles. The summed E-state index contributed by atoms with van der Waals surface area (Å²) in [6.07, 6.45) is 1.66. The number of carboxylic acid groups (broad SMARTS) is 1. The molecule has 0 saturated carbocycles. The van der Waals surface area contributed by atoms with Gasteiger partial charge in [0.15, 0.2) is 11.5 Å². The molecular weight excluding hydrogens is 440 g/mol. The van der Waals surface area contributed by atoms with E-state index in [9.17, 15) is 19.5 Å². The van der Waals surface area contributed by atoms with Crippen molar-refractivity contribution in [3.05, 3.63) is 28.7 Å². The van der Waals surface area contributed by atoms with Gasteiger partial charge in [-0.1, -0.05) is 43.9 Å². The van der Waals surface area contributed by atoms with E-state index in [0.29, 0.717) is 27.3 Å². The molecule has 0 aliphatic carbocycles. The zero-order valence-electron chi connectivity index (χ0n) is 17.8. The third kappa shape index (κ3) is 6.44. The minimum absolute atomic E-state index is 0.0485. The second kappa shape index (κ2) is 11.1. The molecule has 1 atom stereocenters. The molecule has 0 bridgehead atoms. The first-order valence-electron chi connectivity index (χ1n) is 9.76. The summed E-state index contributed by atoms with van der Waals surface area (Å²) in [6, 6.07) is 4.37. The van der Waals surface area contributed by atoms with E-state index in [-0.39, 0.29) is 24.8 Å². The maximum Gasteiger partial charge on any atom is 0.326 e. The summed E-state index contributed by atoms with van der Waals surface area (Å²) in [6.45, 7) is 5.88. The van der Waals surface area contributed by atoms with Gasteiger partial charge in [-0.3, -0.25) is 14.5 Å². The van der Waals surface area contributed by atoms with Crippen LogP contribution in [-0.2, 0) is 14.4 Å². The van der Waals surface area contributed by atoms with Gasteiger partial charge in [0.1, 0.15) is 10.4 Å².